The Morgan fingerprint density at radius 1 is 1.55 bits per heavy atom. The summed E-state index contributed by atoms with van der Waals surface area (Å²) >= 11 is 0. The van der Waals surface area contributed by atoms with Crippen LogP contribution in [0, 0.1) is 12.8 Å². The lowest BCUT2D eigenvalue weighted by Gasteiger charge is -2.17. The van der Waals surface area contributed by atoms with E-state index >= 15 is 0 Å². The molecule has 0 saturated carbocycles. The van der Waals surface area contributed by atoms with Crippen LogP contribution in [0.15, 0.2) is 15.8 Å². The van der Waals surface area contributed by atoms with Crippen LogP contribution in [0.1, 0.15) is 32.1 Å². The summed E-state index contributed by atoms with van der Waals surface area (Å²) in [6.45, 7) is 4.66. The number of hydrogen-bond acceptors (Lipinski definition) is 6. The van der Waals surface area contributed by atoms with Gasteiger partial charge in [0.2, 0.25) is 0 Å². The number of rotatable bonds is 4. The number of aliphatic hydroxyl groups excluding tert-OH is 1. The lowest BCUT2D eigenvalue weighted by Crippen LogP contribution is -2.33. The number of carbonyl (C=O) groups is 1. The van der Waals surface area contributed by atoms with E-state index < -0.39 is 35.7 Å². The first-order valence-corrected chi connectivity index (χ1v) is 7.12. The van der Waals surface area contributed by atoms with Crippen molar-refractivity contribution in [1.82, 2.24) is 9.55 Å². The number of nitrogens with one attached hydrogen (secondary N) is 1. The van der Waals surface area contributed by atoms with Crippen molar-refractivity contribution in [3.63, 3.8) is 0 Å². The first-order valence-electron chi connectivity index (χ1n) is 7.12. The molecule has 0 unspecified atom stereocenters. The molecule has 1 aliphatic heterocycles. The molecule has 0 bridgehead atoms. The molecule has 0 radical (unpaired) electrons. The standard InChI is InChI=1S/C14H20N2O6/c1-7(2)13(19)22-9-4-11(21-10(9)6-17)16-5-8(3)12(18)15-14(16)20/h5,7,9-11,17H,4,6H2,1-3H3,(H,15,18,20)/t9-,10+,11-/m1/s1. The van der Waals surface area contributed by atoms with Gasteiger partial charge in [0, 0.05) is 18.2 Å². The number of aliphatic hydroxyl groups is 1. The molecule has 2 heterocycles. The van der Waals surface area contributed by atoms with E-state index in [0.717, 1.165) is 0 Å². The van der Waals surface area contributed by atoms with E-state index in [-0.39, 0.29) is 18.9 Å². The maximum absolute atomic E-state index is 11.9. The van der Waals surface area contributed by atoms with E-state index in [1.54, 1.807) is 20.8 Å². The van der Waals surface area contributed by atoms with E-state index in [1.165, 1.54) is 10.8 Å². The molecule has 1 aliphatic rings. The SMILES string of the molecule is Cc1cn([C@H]2C[C@@H](OC(=O)C(C)C)[C@H](CO)O2)c(=O)[nH]c1=O. The zero-order chi connectivity index (χ0) is 16.4. The summed E-state index contributed by atoms with van der Waals surface area (Å²) in [5.74, 6) is -0.686. The van der Waals surface area contributed by atoms with Gasteiger partial charge in [0.15, 0.2) is 0 Å². The number of aryl methyl sites for hydroxylation is 1. The fourth-order valence-electron chi connectivity index (χ4n) is 2.24. The fraction of sp³-hybridized carbons (Fsp3) is 0.643. The Morgan fingerprint density at radius 2 is 2.23 bits per heavy atom. The van der Waals surface area contributed by atoms with Gasteiger partial charge in [0.25, 0.3) is 5.56 Å². The molecule has 1 aromatic rings. The number of H-pyrrole nitrogens is 1. The van der Waals surface area contributed by atoms with Crippen LogP contribution in [0.3, 0.4) is 0 Å². The first-order chi connectivity index (χ1) is 10.3. The molecule has 0 aliphatic carbocycles. The third-order valence-corrected chi connectivity index (χ3v) is 3.56. The number of nitrogens with zero attached hydrogens (tertiary/aromatic N) is 1. The van der Waals surface area contributed by atoms with Gasteiger partial charge in [-0.2, -0.15) is 0 Å². The van der Waals surface area contributed by atoms with Crippen LogP contribution in [-0.4, -0.2) is 39.4 Å². The molecule has 0 aromatic carbocycles. The van der Waals surface area contributed by atoms with Crippen molar-refractivity contribution in [2.24, 2.45) is 5.92 Å². The summed E-state index contributed by atoms with van der Waals surface area (Å²) in [5.41, 5.74) is -0.694. The predicted octanol–water partition coefficient (Wildman–Crippen LogP) is -0.307. The molecule has 1 fully saturated rings. The summed E-state index contributed by atoms with van der Waals surface area (Å²) in [6, 6.07) is 0. The van der Waals surface area contributed by atoms with Crippen LogP contribution in [0.25, 0.3) is 0 Å². The van der Waals surface area contributed by atoms with Gasteiger partial charge in [0.05, 0.1) is 12.5 Å². The molecule has 3 atom stereocenters. The van der Waals surface area contributed by atoms with Crippen LogP contribution in [-0.2, 0) is 14.3 Å². The molecule has 8 nitrogen and oxygen atoms in total. The van der Waals surface area contributed by atoms with Crippen molar-refractivity contribution in [2.45, 2.75) is 45.6 Å². The highest BCUT2D eigenvalue weighted by Crippen LogP contribution is 2.30. The highest BCUT2D eigenvalue weighted by molar-refractivity contribution is 5.71. The molecule has 2 N–H and O–H groups in total. The van der Waals surface area contributed by atoms with Crippen LogP contribution in [0.5, 0.6) is 0 Å². The number of carbonyl (C=O) groups excluding carboxylic acids is 1. The molecular formula is C14H20N2O6. The molecular weight excluding hydrogens is 292 g/mol. The Balaban J connectivity index is 2.22. The minimum absolute atomic E-state index is 0.231. The largest absolute Gasteiger partial charge is 0.459 e. The summed E-state index contributed by atoms with van der Waals surface area (Å²) < 4.78 is 12.1. The van der Waals surface area contributed by atoms with Crippen LogP contribution < -0.4 is 11.2 Å². The van der Waals surface area contributed by atoms with E-state index in [4.69, 9.17) is 9.47 Å². The minimum atomic E-state index is -0.704. The summed E-state index contributed by atoms with van der Waals surface area (Å²) in [6.07, 6.45) is -0.414. The molecule has 1 aromatic heterocycles. The molecule has 122 valence electrons. The fourth-order valence-corrected chi connectivity index (χ4v) is 2.24. The molecule has 0 amide bonds. The first kappa shape index (κ1) is 16.4. The van der Waals surface area contributed by atoms with E-state index in [2.05, 4.69) is 4.98 Å². The quantitative estimate of drug-likeness (QED) is 0.738. The van der Waals surface area contributed by atoms with E-state index in [9.17, 15) is 19.5 Å². The van der Waals surface area contributed by atoms with Crippen molar-refractivity contribution < 1.29 is 19.4 Å². The highest BCUT2D eigenvalue weighted by Gasteiger charge is 2.39. The summed E-state index contributed by atoms with van der Waals surface area (Å²) in [7, 11) is 0. The zero-order valence-electron chi connectivity index (χ0n) is 12.7. The Labute approximate surface area is 126 Å². The molecule has 8 heteroatoms. The number of hydrogen-bond donors (Lipinski definition) is 2. The third-order valence-electron chi connectivity index (χ3n) is 3.56. The lowest BCUT2D eigenvalue weighted by atomic mass is 10.1. The monoisotopic (exact) mass is 312 g/mol. The second-order valence-corrected chi connectivity index (χ2v) is 5.66. The van der Waals surface area contributed by atoms with Crippen molar-refractivity contribution in [3.05, 3.63) is 32.6 Å². The Kier molecular flexibility index (Phi) is 4.82. The van der Waals surface area contributed by atoms with Crippen LogP contribution >= 0.6 is 0 Å². The second-order valence-electron chi connectivity index (χ2n) is 5.66. The maximum Gasteiger partial charge on any atom is 0.330 e. The smallest absolute Gasteiger partial charge is 0.330 e. The topological polar surface area (TPSA) is 111 Å². The Hall–Kier alpha value is -1.93. The van der Waals surface area contributed by atoms with Crippen molar-refractivity contribution in [1.29, 1.82) is 0 Å². The number of aromatic nitrogens is 2. The lowest BCUT2D eigenvalue weighted by molar-refractivity contribution is -0.156. The van der Waals surface area contributed by atoms with Crippen molar-refractivity contribution in [3.8, 4) is 0 Å². The Morgan fingerprint density at radius 3 is 2.82 bits per heavy atom. The van der Waals surface area contributed by atoms with E-state index in [0.29, 0.717) is 5.56 Å². The number of aromatic amines is 1. The van der Waals surface area contributed by atoms with Gasteiger partial charge < -0.3 is 14.6 Å². The molecule has 2 rings (SSSR count). The van der Waals surface area contributed by atoms with Gasteiger partial charge in [0.1, 0.15) is 18.4 Å². The van der Waals surface area contributed by atoms with Crippen molar-refractivity contribution in [2.75, 3.05) is 6.61 Å². The van der Waals surface area contributed by atoms with Gasteiger partial charge in [-0.15, -0.1) is 0 Å². The zero-order valence-corrected chi connectivity index (χ0v) is 12.7. The van der Waals surface area contributed by atoms with Crippen molar-refractivity contribution >= 4 is 5.97 Å². The number of ether oxygens (including phenoxy) is 2. The van der Waals surface area contributed by atoms with Gasteiger partial charge in [-0.05, 0) is 6.92 Å². The van der Waals surface area contributed by atoms with Gasteiger partial charge in [-0.1, -0.05) is 13.8 Å². The summed E-state index contributed by atoms with van der Waals surface area (Å²) in [4.78, 5) is 37.1. The van der Waals surface area contributed by atoms with Gasteiger partial charge >= 0.3 is 11.7 Å². The predicted molar refractivity (Wildman–Crippen MR) is 76.4 cm³/mol. The maximum atomic E-state index is 11.9. The molecule has 1 saturated heterocycles. The number of esters is 1. The van der Waals surface area contributed by atoms with Crippen LogP contribution in [0.4, 0.5) is 0 Å². The summed E-state index contributed by atoms with van der Waals surface area (Å²) in [5, 5.41) is 9.36. The average molecular weight is 312 g/mol. The van der Waals surface area contributed by atoms with E-state index in [1.807, 2.05) is 0 Å². The average Bonchev–Trinajstić information content (AvgIpc) is 2.85. The van der Waals surface area contributed by atoms with Gasteiger partial charge in [-0.3, -0.25) is 19.1 Å². The van der Waals surface area contributed by atoms with Crippen LogP contribution in [0.2, 0.25) is 0 Å². The normalized spacial score (nSPS) is 24.7. The molecule has 22 heavy (non-hydrogen) atoms. The molecule has 0 spiro atoms. The third kappa shape index (κ3) is 3.28. The minimum Gasteiger partial charge on any atom is -0.459 e. The van der Waals surface area contributed by atoms with Gasteiger partial charge in [-0.25, -0.2) is 4.79 Å². The highest BCUT2D eigenvalue weighted by atomic mass is 16.6. The Bertz CT molecular complexity index is 662. The second kappa shape index (κ2) is 6.45.